The lowest BCUT2D eigenvalue weighted by molar-refractivity contribution is 0.0600. The van der Waals surface area contributed by atoms with Gasteiger partial charge in [-0.1, -0.05) is 35.9 Å². The monoisotopic (exact) mass is 415 g/mol. The third-order valence-electron chi connectivity index (χ3n) is 4.93. The van der Waals surface area contributed by atoms with Gasteiger partial charge < -0.3 is 14.4 Å². The quantitative estimate of drug-likeness (QED) is 0.411. The van der Waals surface area contributed by atoms with Crippen molar-refractivity contribution < 1.29 is 14.3 Å². The molecule has 0 saturated carbocycles. The second-order valence-electron chi connectivity index (χ2n) is 6.78. The van der Waals surface area contributed by atoms with E-state index in [-0.39, 0.29) is 5.97 Å². The summed E-state index contributed by atoms with van der Waals surface area (Å²) in [4.78, 5) is 21.3. The van der Waals surface area contributed by atoms with Gasteiger partial charge in [0.25, 0.3) is 0 Å². The third kappa shape index (κ3) is 5.56. The van der Waals surface area contributed by atoms with Crippen molar-refractivity contribution in [3.63, 3.8) is 0 Å². The van der Waals surface area contributed by atoms with Crippen LogP contribution in [0.15, 0.2) is 53.5 Å². The number of esters is 1. The molecular formula is C22H26ClN3O3. The first kappa shape index (κ1) is 21.3. The Labute approximate surface area is 176 Å². The van der Waals surface area contributed by atoms with Crippen LogP contribution in [0.3, 0.4) is 0 Å². The Morgan fingerprint density at radius 1 is 1.00 bits per heavy atom. The second kappa shape index (κ2) is 10.4. The van der Waals surface area contributed by atoms with Gasteiger partial charge in [-0.25, -0.2) is 9.79 Å². The number of hydrogen-bond donors (Lipinski definition) is 0. The van der Waals surface area contributed by atoms with Gasteiger partial charge in [-0.05, 0) is 24.3 Å². The van der Waals surface area contributed by atoms with E-state index in [1.165, 1.54) is 7.11 Å². The fourth-order valence-corrected chi connectivity index (χ4v) is 3.43. The van der Waals surface area contributed by atoms with Crippen LogP contribution < -0.4 is 0 Å². The number of carbonyl (C=O) groups excluding carboxylic acids is 1. The summed E-state index contributed by atoms with van der Waals surface area (Å²) in [6.45, 7) is 5.23. The summed E-state index contributed by atoms with van der Waals surface area (Å²) in [6.07, 6.45) is 0. The van der Waals surface area contributed by atoms with E-state index in [1.54, 1.807) is 19.2 Å². The average Bonchev–Trinajstić information content (AvgIpc) is 2.77. The van der Waals surface area contributed by atoms with Crippen LogP contribution >= 0.6 is 11.6 Å². The van der Waals surface area contributed by atoms with Gasteiger partial charge in [-0.2, -0.15) is 0 Å². The fourth-order valence-electron chi connectivity index (χ4n) is 3.25. The largest absolute Gasteiger partial charge is 0.465 e. The van der Waals surface area contributed by atoms with E-state index in [4.69, 9.17) is 26.1 Å². The molecule has 2 aromatic carbocycles. The molecule has 6 nitrogen and oxygen atoms in total. The maximum Gasteiger partial charge on any atom is 0.337 e. The molecule has 2 aromatic rings. The maximum absolute atomic E-state index is 11.8. The number of nitrogens with zero attached hydrogens (tertiary/aromatic N) is 3. The first-order chi connectivity index (χ1) is 14.1. The minimum absolute atomic E-state index is 0.354. The molecule has 0 unspecified atom stereocenters. The number of halogens is 1. The Balaban J connectivity index is 1.87. The molecule has 1 aliphatic rings. The van der Waals surface area contributed by atoms with E-state index in [0.717, 1.165) is 56.4 Å². The summed E-state index contributed by atoms with van der Waals surface area (Å²) in [5.74, 6) is 0.494. The molecule has 29 heavy (non-hydrogen) atoms. The van der Waals surface area contributed by atoms with Gasteiger partial charge in [0.15, 0.2) is 0 Å². The number of benzene rings is 2. The molecule has 154 valence electrons. The number of ether oxygens (including phenoxy) is 2. The van der Waals surface area contributed by atoms with E-state index in [1.807, 2.05) is 36.4 Å². The molecule has 1 fully saturated rings. The molecule has 7 heteroatoms. The van der Waals surface area contributed by atoms with E-state index < -0.39 is 0 Å². The predicted octanol–water partition coefficient (Wildman–Crippen LogP) is 3.47. The summed E-state index contributed by atoms with van der Waals surface area (Å²) in [5, 5.41) is 0.606. The number of rotatable bonds is 6. The normalized spacial score (nSPS) is 15.4. The first-order valence-corrected chi connectivity index (χ1v) is 9.98. The average molecular weight is 416 g/mol. The van der Waals surface area contributed by atoms with E-state index in [0.29, 0.717) is 10.6 Å². The number of hydrogen-bond acceptors (Lipinski definition) is 5. The zero-order chi connectivity index (χ0) is 20.6. The van der Waals surface area contributed by atoms with Gasteiger partial charge >= 0.3 is 5.97 Å². The number of aliphatic imine (C=N–C) groups is 1. The Kier molecular flexibility index (Phi) is 7.63. The molecule has 0 spiro atoms. The van der Waals surface area contributed by atoms with E-state index in [9.17, 15) is 4.79 Å². The minimum Gasteiger partial charge on any atom is -0.465 e. The van der Waals surface area contributed by atoms with Gasteiger partial charge in [-0.3, -0.25) is 4.90 Å². The van der Waals surface area contributed by atoms with Gasteiger partial charge in [0.05, 0.1) is 30.0 Å². The molecule has 0 amide bonds. The molecule has 1 heterocycles. The molecule has 0 atom stereocenters. The fraction of sp³-hybridized carbons (Fsp3) is 0.364. The topological polar surface area (TPSA) is 54.4 Å². The van der Waals surface area contributed by atoms with Crippen molar-refractivity contribution in [1.29, 1.82) is 0 Å². The number of piperazine rings is 1. The van der Waals surface area contributed by atoms with Crippen LogP contribution in [0.5, 0.6) is 0 Å². The highest BCUT2D eigenvalue weighted by atomic mass is 35.5. The van der Waals surface area contributed by atoms with Crippen LogP contribution in [0.25, 0.3) is 0 Å². The molecule has 0 N–H and O–H groups in total. The van der Waals surface area contributed by atoms with Crippen LogP contribution in [-0.2, 0) is 9.47 Å². The highest BCUT2D eigenvalue weighted by molar-refractivity contribution is 6.33. The van der Waals surface area contributed by atoms with Crippen molar-refractivity contribution in [2.75, 3.05) is 53.6 Å². The number of amidine groups is 1. The molecule has 0 bridgehead atoms. The predicted molar refractivity (Wildman–Crippen MR) is 115 cm³/mol. The lowest BCUT2D eigenvalue weighted by Gasteiger charge is -2.36. The molecule has 0 radical (unpaired) electrons. The van der Waals surface area contributed by atoms with Crippen LogP contribution in [-0.4, -0.2) is 75.2 Å². The van der Waals surface area contributed by atoms with Crippen molar-refractivity contribution in [2.24, 2.45) is 4.99 Å². The minimum atomic E-state index is -0.354. The van der Waals surface area contributed by atoms with Gasteiger partial charge in [-0.15, -0.1) is 0 Å². The summed E-state index contributed by atoms with van der Waals surface area (Å²) < 4.78 is 9.98. The Bertz CT molecular complexity index is 847. The van der Waals surface area contributed by atoms with Crippen molar-refractivity contribution in [2.45, 2.75) is 0 Å². The third-order valence-corrected chi connectivity index (χ3v) is 5.25. The van der Waals surface area contributed by atoms with Crippen molar-refractivity contribution in [1.82, 2.24) is 9.80 Å². The molecule has 1 aliphatic heterocycles. The Morgan fingerprint density at radius 2 is 1.66 bits per heavy atom. The number of methoxy groups -OCH3 is 2. The van der Waals surface area contributed by atoms with Crippen molar-refractivity contribution in [3.05, 3.63) is 64.7 Å². The second-order valence-corrected chi connectivity index (χ2v) is 7.18. The number of carbonyl (C=O) groups is 1. The van der Waals surface area contributed by atoms with E-state index >= 15 is 0 Å². The van der Waals surface area contributed by atoms with Crippen molar-refractivity contribution >= 4 is 29.1 Å². The van der Waals surface area contributed by atoms with Gasteiger partial charge in [0, 0.05) is 45.4 Å². The van der Waals surface area contributed by atoms with E-state index in [2.05, 4.69) is 9.80 Å². The number of para-hydroxylation sites is 1. The van der Waals surface area contributed by atoms with Crippen molar-refractivity contribution in [3.8, 4) is 0 Å². The maximum atomic E-state index is 11.8. The molecular weight excluding hydrogens is 390 g/mol. The first-order valence-electron chi connectivity index (χ1n) is 9.60. The van der Waals surface area contributed by atoms with Crippen LogP contribution in [0, 0.1) is 0 Å². The molecule has 3 rings (SSSR count). The smallest absolute Gasteiger partial charge is 0.337 e. The highest BCUT2D eigenvalue weighted by Crippen LogP contribution is 2.26. The summed E-state index contributed by atoms with van der Waals surface area (Å²) in [7, 11) is 3.10. The van der Waals surface area contributed by atoms with Gasteiger partial charge in [0.2, 0.25) is 0 Å². The summed E-state index contributed by atoms with van der Waals surface area (Å²) in [6, 6.07) is 14.9. The zero-order valence-corrected chi connectivity index (χ0v) is 17.6. The lowest BCUT2D eigenvalue weighted by Crippen LogP contribution is -2.49. The standard InChI is InChI=1S/C22H26ClN3O3/c1-28-16-15-25-11-13-26(14-12-25)21(24-20-6-4-3-5-19(20)23)17-7-9-18(10-8-17)22(27)29-2/h3-10H,11-16H2,1-2H3. The molecule has 0 aromatic heterocycles. The molecule has 0 aliphatic carbocycles. The van der Waals surface area contributed by atoms with Gasteiger partial charge in [0.1, 0.15) is 5.84 Å². The summed E-state index contributed by atoms with van der Waals surface area (Å²) >= 11 is 6.35. The van der Waals surface area contributed by atoms with Crippen LogP contribution in [0.4, 0.5) is 5.69 Å². The zero-order valence-electron chi connectivity index (χ0n) is 16.8. The van der Waals surface area contributed by atoms with Crippen LogP contribution in [0.2, 0.25) is 5.02 Å². The Morgan fingerprint density at radius 3 is 2.28 bits per heavy atom. The highest BCUT2D eigenvalue weighted by Gasteiger charge is 2.21. The van der Waals surface area contributed by atoms with Crippen LogP contribution in [0.1, 0.15) is 15.9 Å². The SMILES string of the molecule is COCCN1CCN(C(=Nc2ccccc2Cl)c2ccc(C(=O)OC)cc2)CC1. The molecule has 1 saturated heterocycles. The Hall–Kier alpha value is -2.41. The lowest BCUT2D eigenvalue weighted by atomic mass is 10.1. The summed E-state index contributed by atoms with van der Waals surface area (Å²) in [5.41, 5.74) is 2.17.